The van der Waals surface area contributed by atoms with Crippen LogP contribution in [0.5, 0.6) is 17.2 Å². The first-order valence-electron chi connectivity index (χ1n) is 20.2. The van der Waals surface area contributed by atoms with Gasteiger partial charge in [-0.1, -0.05) is 96.2 Å². The Morgan fingerprint density at radius 3 is 1.85 bits per heavy atom. The summed E-state index contributed by atoms with van der Waals surface area (Å²) in [6.07, 6.45) is -3.54. The molecule has 5 nitrogen and oxygen atoms in total. The molecular formula is C50H43F3O5Si. The van der Waals surface area contributed by atoms with E-state index in [-0.39, 0.29) is 31.1 Å². The molecule has 0 unspecified atom stereocenters. The van der Waals surface area contributed by atoms with Gasteiger partial charge in [0, 0.05) is 24.2 Å². The molecular weight excluding hydrogens is 766 g/mol. The fourth-order valence-electron chi connectivity index (χ4n) is 9.27. The fraction of sp³-hybridized carbons (Fsp3) is 0.260. The van der Waals surface area contributed by atoms with Crippen LogP contribution in [0.2, 0.25) is 6.04 Å². The maximum Gasteiger partial charge on any atom is 0.491 e. The van der Waals surface area contributed by atoms with Crippen molar-refractivity contribution in [2.24, 2.45) is 0 Å². The number of ether oxygens (including phenoxy) is 4. The highest BCUT2D eigenvalue weighted by Gasteiger charge is 2.44. The minimum Gasteiger partial charge on any atom is -0.490 e. The summed E-state index contributed by atoms with van der Waals surface area (Å²) in [5.74, 6) is -1.98. The Bertz CT molecular complexity index is 2660. The zero-order chi connectivity index (χ0) is 41.0. The first-order valence-corrected chi connectivity index (χ1v) is 21.4. The summed E-state index contributed by atoms with van der Waals surface area (Å²) < 4.78 is 67.4. The largest absolute Gasteiger partial charge is 0.491 e. The number of rotatable bonds is 12. The number of esters is 1. The second kappa shape index (κ2) is 15.5. The first kappa shape index (κ1) is 38.9. The molecule has 0 atom stereocenters. The van der Waals surface area contributed by atoms with Crippen LogP contribution < -0.4 is 19.4 Å². The highest BCUT2D eigenvalue weighted by atomic mass is 28.2. The van der Waals surface area contributed by atoms with Crippen LogP contribution in [0.3, 0.4) is 0 Å². The molecule has 0 amide bonds. The van der Waals surface area contributed by atoms with Crippen molar-refractivity contribution in [3.63, 3.8) is 0 Å². The number of hydrogen-bond donors (Lipinski definition) is 0. The molecule has 6 aromatic carbocycles. The molecule has 298 valence electrons. The van der Waals surface area contributed by atoms with Crippen molar-refractivity contribution in [2.75, 3.05) is 26.4 Å². The lowest BCUT2D eigenvalue weighted by Gasteiger charge is -2.25. The van der Waals surface area contributed by atoms with Crippen molar-refractivity contribution in [1.29, 1.82) is 0 Å². The number of hydrogen-bond acceptors (Lipinski definition) is 5. The van der Waals surface area contributed by atoms with E-state index in [4.69, 9.17) is 18.9 Å². The zero-order valence-corrected chi connectivity index (χ0v) is 34.5. The summed E-state index contributed by atoms with van der Waals surface area (Å²) in [6, 6.07) is 31.0. The smallest absolute Gasteiger partial charge is 0.490 e. The number of benzene rings is 6. The number of halogens is 3. The number of carbonyl (C=O) groups is 1. The molecule has 0 saturated heterocycles. The average molecular weight is 809 g/mol. The molecule has 3 aliphatic rings. The lowest BCUT2D eigenvalue weighted by molar-refractivity contribution is -0.189. The molecule has 0 bridgehead atoms. The van der Waals surface area contributed by atoms with Crippen molar-refractivity contribution >= 4 is 20.7 Å². The molecule has 0 aromatic heterocycles. The zero-order valence-electron chi connectivity index (χ0n) is 33.5. The minimum atomic E-state index is -5.24. The van der Waals surface area contributed by atoms with Gasteiger partial charge in [0.25, 0.3) is 0 Å². The Hall–Kier alpha value is -5.64. The summed E-state index contributed by atoms with van der Waals surface area (Å²) in [6.45, 7) is 9.61. The predicted octanol–water partition coefficient (Wildman–Crippen LogP) is 10.7. The molecule has 59 heavy (non-hydrogen) atoms. The van der Waals surface area contributed by atoms with E-state index in [2.05, 4.69) is 63.2 Å². The second-order valence-electron chi connectivity index (χ2n) is 15.4. The van der Waals surface area contributed by atoms with Crippen molar-refractivity contribution in [2.45, 2.75) is 59.2 Å². The molecule has 0 aliphatic heterocycles. The van der Waals surface area contributed by atoms with E-state index in [1.807, 2.05) is 55.5 Å². The van der Waals surface area contributed by atoms with Crippen molar-refractivity contribution < 1.29 is 36.9 Å². The van der Waals surface area contributed by atoms with Crippen molar-refractivity contribution in [3.05, 3.63) is 141 Å². The number of carbonyl (C=O) groups excluding carboxylic acids is 1. The summed E-state index contributed by atoms with van der Waals surface area (Å²) in [4.78, 5) is 12.9. The van der Waals surface area contributed by atoms with Gasteiger partial charge in [-0.15, -0.1) is 0 Å². The third-order valence-corrected chi connectivity index (χ3v) is 13.6. The number of fused-ring (bicyclic) bond motifs is 9. The molecule has 3 aliphatic carbocycles. The Balaban J connectivity index is 1.20. The first-order chi connectivity index (χ1) is 28.6. The second-order valence-corrected chi connectivity index (χ2v) is 16.7. The summed E-state index contributed by atoms with van der Waals surface area (Å²) in [5, 5.41) is 1.30. The quantitative estimate of drug-likeness (QED) is 0.0533. The Kier molecular flexibility index (Phi) is 10.2. The predicted molar refractivity (Wildman–Crippen MR) is 227 cm³/mol. The Morgan fingerprint density at radius 2 is 1.15 bits per heavy atom. The highest BCUT2D eigenvalue weighted by molar-refractivity contribution is 6.55. The Morgan fingerprint density at radius 1 is 0.576 bits per heavy atom. The van der Waals surface area contributed by atoms with Gasteiger partial charge in [0.1, 0.15) is 12.4 Å². The van der Waals surface area contributed by atoms with E-state index >= 15 is 0 Å². The standard InChI is InChI=1S/C50H43F3O5Si/c1-5-55-21-22-56-46-43-36-18-11-8-14-32(36)26-40(43)45(58-49(54)50(51,52)53)47(44(46)38-20-12-19-37-34-16-9-6-13-31(34)25-39(37)38)57-23-24-59-48-30(4)28(2)29(3)42-35-17-10-7-15-33(35)27-41(42)48/h6-20H,5,21-27H2,1-4H3. The monoisotopic (exact) mass is 808 g/mol. The van der Waals surface area contributed by atoms with Crippen molar-refractivity contribution in [3.8, 4) is 61.8 Å². The minimum absolute atomic E-state index is 0.0733. The van der Waals surface area contributed by atoms with Crippen LogP contribution in [0.1, 0.15) is 57.0 Å². The molecule has 0 fully saturated rings. The van der Waals surface area contributed by atoms with Gasteiger partial charge in [-0.3, -0.25) is 0 Å². The molecule has 0 saturated carbocycles. The molecule has 9 heteroatoms. The van der Waals surface area contributed by atoms with Crippen molar-refractivity contribution in [1.82, 2.24) is 0 Å². The van der Waals surface area contributed by atoms with Gasteiger partial charge in [0.05, 0.1) is 28.3 Å². The Labute approximate surface area is 344 Å². The summed E-state index contributed by atoms with van der Waals surface area (Å²) >= 11 is 0. The van der Waals surface area contributed by atoms with Crippen LogP contribution in [0.4, 0.5) is 13.2 Å². The normalized spacial score (nSPS) is 13.0. The maximum atomic E-state index is 14.2. The van der Waals surface area contributed by atoms with Gasteiger partial charge >= 0.3 is 12.1 Å². The third-order valence-electron chi connectivity index (χ3n) is 12.1. The molecule has 0 spiro atoms. The van der Waals surface area contributed by atoms with E-state index in [9.17, 15) is 18.0 Å². The number of alkyl halides is 3. The molecule has 0 N–H and O–H groups in total. The third kappa shape index (κ3) is 6.74. The fourth-order valence-corrected chi connectivity index (χ4v) is 10.6. The van der Waals surface area contributed by atoms with E-state index < -0.39 is 12.1 Å². The van der Waals surface area contributed by atoms with Gasteiger partial charge in [0.2, 0.25) is 0 Å². The maximum absolute atomic E-state index is 14.2. The van der Waals surface area contributed by atoms with E-state index in [1.54, 1.807) is 0 Å². The van der Waals surface area contributed by atoms with Crippen LogP contribution in [0.15, 0.2) is 91.0 Å². The lowest BCUT2D eigenvalue weighted by Crippen LogP contribution is -2.29. The highest BCUT2D eigenvalue weighted by Crippen LogP contribution is 2.59. The SMILES string of the molecule is CCOCCOc1c2c(c(OC(=O)C(F)(F)F)c(OCC[Si]c3c(C)c(C)c(C)c4c3Cc3ccccc3-4)c1-c1cccc3c1Cc1ccccc1-3)Cc1ccccc1-2. The summed E-state index contributed by atoms with van der Waals surface area (Å²) in [7, 11) is 0.366. The molecule has 2 radical (unpaired) electrons. The van der Waals surface area contributed by atoms with Gasteiger partial charge in [-0.2, -0.15) is 13.2 Å². The van der Waals surface area contributed by atoms with E-state index in [0.717, 1.165) is 45.4 Å². The molecule has 9 rings (SSSR count). The lowest BCUT2D eigenvalue weighted by atomic mass is 9.90. The van der Waals surface area contributed by atoms with Crippen LogP contribution in [-0.4, -0.2) is 48.1 Å². The summed E-state index contributed by atoms with van der Waals surface area (Å²) in [5.41, 5.74) is 17.2. The van der Waals surface area contributed by atoms with E-state index in [1.165, 1.54) is 44.1 Å². The van der Waals surface area contributed by atoms with Crippen LogP contribution in [-0.2, 0) is 28.8 Å². The van der Waals surface area contributed by atoms with E-state index in [0.29, 0.717) is 57.6 Å². The van der Waals surface area contributed by atoms with Gasteiger partial charge in [0.15, 0.2) is 11.5 Å². The molecule has 6 aromatic rings. The molecule has 0 heterocycles. The van der Waals surface area contributed by atoms with Gasteiger partial charge < -0.3 is 18.9 Å². The van der Waals surface area contributed by atoms with Gasteiger partial charge in [-0.25, -0.2) is 4.79 Å². The van der Waals surface area contributed by atoms with Crippen LogP contribution >= 0.6 is 0 Å². The average Bonchev–Trinajstić information content (AvgIpc) is 3.94. The van der Waals surface area contributed by atoms with Gasteiger partial charge in [-0.05, 0) is 124 Å². The van der Waals surface area contributed by atoms with Crippen LogP contribution in [0, 0.1) is 20.8 Å². The topological polar surface area (TPSA) is 54.0 Å². The van der Waals surface area contributed by atoms with Crippen LogP contribution in [0.25, 0.3) is 44.5 Å².